The maximum Gasteiger partial charge on any atom is 0.227 e. The van der Waals surface area contributed by atoms with Crippen LogP contribution in [0, 0.1) is 24.0 Å². The Morgan fingerprint density at radius 2 is 2.08 bits per heavy atom. The first kappa shape index (κ1) is 23.5. The lowest BCUT2D eigenvalue weighted by atomic mass is 9.96. The number of hydrogen-bond donors (Lipinski definition) is 4. The molecule has 5 aromatic rings. The zero-order valence-corrected chi connectivity index (χ0v) is 20.2. The Hall–Kier alpha value is -4.85. The summed E-state index contributed by atoms with van der Waals surface area (Å²) in [5.41, 5.74) is 6.40. The summed E-state index contributed by atoms with van der Waals surface area (Å²) >= 11 is 0. The van der Waals surface area contributed by atoms with Crippen LogP contribution >= 0.6 is 0 Å². The van der Waals surface area contributed by atoms with E-state index in [9.17, 15) is 9.50 Å². The molecule has 2 aromatic carbocycles. The SMILES string of the molecule is C#Cc1c(F)ccc2cc(O)cc(-c3nc(OC)c4c(N[C@@H]5CC[C@H](c6cc(N)on6)C5)n[nH]c4c3F)c12. The second kappa shape index (κ2) is 8.92. The lowest BCUT2D eigenvalue weighted by molar-refractivity contribution is 0.402. The number of ether oxygens (including phenoxy) is 1. The molecule has 0 saturated heterocycles. The standard InChI is InChI=1S/C27H22F2N6O3/c1-3-16-18(28)7-5-13-9-15(36)10-17(21(13)16)24-23(29)25-22(27(32-24)37-2)26(34-33-25)31-14-6-4-12(8-14)19-11-20(30)38-35-19/h1,5,7,9-12,14,36H,4,6,8,30H2,2H3,(H2,31,33,34)/t12-,14+/m0/s1. The van der Waals surface area contributed by atoms with Gasteiger partial charge in [0.1, 0.15) is 28.2 Å². The van der Waals surface area contributed by atoms with Gasteiger partial charge in [-0.05, 0) is 42.8 Å². The molecule has 0 aliphatic heterocycles. The number of hydrogen-bond acceptors (Lipinski definition) is 8. The van der Waals surface area contributed by atoms with Crippen molar-refractivity contribution in [2.45, 2.75) is 31.2 Å². The number of methoxy groups -OCH3 is 1. The average Bonchev–Trinajstić information content (AvgIpc) is 3.65. The molecule has 1 aliphatic rings. The first-order valence-electron chi connectivity index (χ1n) is 11.9. The summed E-state index contributed by atoms with van der Waals surface area (Å²) in [5.74, 6) is 1.71. The average molecular weight is 517 g/mol. The maximum absolute atomic E-state index is 16.0. The van der Waals surface area contributed by atoms with Gasteiger partial charge in [-0.2, -0.15) is 5.10 Å². The van der Waals surface area contributed by atoms with Crippen LogP contribution < -0.4 is 15.8 Å². The predicted molar refractivity (Wildman–Crippen MR) is 138 cm³/mol. The lowest BCUT2D eigenvalue weighted by Crippen LogP contribution is -2.16. The van der Waals surface area contributed by atoms with Crippen molar-refractivity contribution in [1.29, 1.82) is 0 Å². The van der Waals surface area contributed by atoms with E-state index in [1.165, 1.54) is 31.4 Å². The maximum atomic E-state index is 16.0. The molecule has 1 saturated carbocycles. The topological polar surface area (TPSA) is 135 Å². The Morgan fingerprint density at radius 3 is 2.82 bits per heavy atom. The fraction of sp³-hybridized carbons (Fsp3) is 0.222. The summed E-state index contributed by atoms with van der Waals surface area (Å²) in [6.07, 6.45) is 8.05. The van der Waals surface area contributed by atoms with Gasteiger partial charge in [-0.1, -0.05) is 17.1 Å². The minimum atomic E-state index is -0.747. The molecule has 5 N–H and O–H groups in total. The van der Waals surface area contributed by atoms with E-state index in [1.54, 1.807) is 6.07 Å². The monoisotopic (exact) mass is 516 g/mol. The van der Waals surface area contributed by atoms with Crippen LogP contribution in [0.3, 0.4) is 0 Å². The number of nitrogen functional groups attached to an aromatic ring is 1. The van der Waals surface area contributed by atoms with Gasteiger partial charge in [0.25, 0.3) is 0 Å². The molecule has 11 heteroatoms. The minimum Gasteiger partial charge on any atom is -0.508 e. The van der Waals surface area contributed by atoms with Crippen molar-refractivity contribution < 1.29 is 23.1 Å². The van der Waals surface area contributed by atoms with Crippen LogP contribution in [0.15, 0.2) is 34.9 Å². The van der Waals surface area contributed by atoms with Gasteiger partial charge in [-0.3, -0.25) is 5.10 Å². The van der Waals surface area contributed by atoms with E-state index in [-0.39, 0.29) is 57.2 Å². The van der Waals surface area contributed by atoms with Crippen LogP contribution in [0.4, 0.5) is 20.5 Å². The Kier molecular flexibility index (Phi) is 5.52. The molecule has 3 heterocycles. The number of nitrogens with one attached hydrogen (secondary N) is 2. The van der Waals surface area contributed by atoms with Gasteiger partial charge < -0.3 is 25.4 Å². The number of rotatable bonds is 5. The van der Waals surface area contributed by atoms with Crippen LogP contribution in [0.1, 0.15) is 36.4 Å². The first-order chi connectivity index (χ1) is 18.4. The van der Waals surface area contributed by atoms with Crippen LogP contribution in [0.25, 0.3) is 32.9 Å². The van der Waals surface area contributed by atoms with Crippen LogP contribution in [0.5, 0.6) is 11.6 Å². The Bertz CT molecular complexity index is 1760. The van der Waals surface area contributed by atoms with E-state index in [1.807, 2.05) is 0 Å². The van der Waals surface area contributed by atoms with E-state index in [0.29, 0.717) is 16.6 Å². The summed E-state index contributed by atoms with van der Waals surface area (Å²) in [6.45, 7) is 0. The van der Waals surface area contributed by atoms with E-state index in [4.69, 9.17) is 21.4 Å². The smallest absolute Gasteiger partial charge is 0.227 e. The van der Waals surface area contributed by atoms with Crippen LogP contribution in [-0.4, -0.2) is 38.6 Å². The third kappa shape index (κ3) is 3.73. The van der Waals surface area contributed by atoms with Gasteiger partial charge in [0.2, 0.25) is 11.8 Å². The molecular weight excluding hydrogens is 494 g/mol. The highest BCUT2D eigenvalue weighted by molar-refractivity contribution is 6.04. The van der Waals surface area contributed by atoms with Crippen molar-refractivity contribution in [3.63, 3.8) is 0 Å². The van der Waals surface area contributed by atoms with Gasteiger partial charge in [0.15, 0.2) is 11.6 Å². The number of phenols is 1. The highest BCUT2D eigenvalue weighted by Gasteiger charge is 2.30. The third-order valence-corrected chi connectivity index (χ3v) is 7.00. The molecule has 0 bridgehead atoms. The number of aromatic hydroxyl groups is 1. The largest absolute Gasteiger partial charge is 0.508 e. The Balaban J connectivity index is 1.43. The lowest BCUT2D eigenvalue weighted by Gasteiger charge is -2.15. The molecule has 192 valence electrons. The number of H-pyrrole nitrogens is 1. The molecule has 6 rings (SSSR count). The number of anilines is 2. The molecule has 1 fully saturated rings. The van der Waals surface area contributed by atoms with E-state index >= 15 is 4.39 Å². The molecule has 0 spiro atoms. The van der Waals surface area contributed by atoms with Gasteiger partial charge in [0, 0.05) is 29.0 Å². The second-order valence-corrected chi connectivity index (χ2v) is 9.27. The third-order valence-electron chi connectivity index (χ3n) is 7.00. The number of aromatic amines is 1. The van der Waals surface area contributed by atoms with Crippen molar-refractivity contribution in [3.8, 4) is 35.2 Å². The number of benzene rings is 2. The van der Waals surface area contributed by atoms with E-state index in [2.05, 4.69) is 31.6 Å². The number of nitrogens with two attached hydrogens (primary N) is 1. The Labute approximate surface area is 215 Å². The van der Waals surface area contributed by atoms with Gasteiger partial charge in [-0.15, -0.1) is 6.42 Å². The summed E-state index contributed by atoms with van der Waals surface area (Å²) in [5, 5.41) is 25.8. The summed E-state index contributed by atoms with van der Waals surface area (Å²) < 4.78 is 41.1. The van der Waals surface area contributed by atoms with E-state index in [0.717, 1.165) is 25.0 Å². The zero-order chi connectivity index (χ0) is 26.6. The molecule has 0 unspecified atom stereocenters. The molecule has 0 amide bonds. The van der Waals surface area contributed by atoms with Crippen molar-refractivity contribution >= 4 is 33.4 Å². The minimum absolute atomic E-state index is 0.0352. The summed E-state index contributed by atoms with van der Waals surface area (Å²) in [7, 11) is 1.41. The molecule has 0 radical (unpaired) electrons. The molecule has 3 aromatic heterocycles. The first-order valence-corrected chi connectivity index (χ1v) is 11.9. The second-order valence-electron chi connectivity index (χ2n) is 9.27. The number of phenolic OH excluding ortho intramolecular Hbond substituents is 1. The van der Waals surface area contributed by atoms with Crippen LogP contribution in [-0.2, 0) is 0 Å². The summed E-state index contributed by atoms with van der Waals surface area (Å²) in [6, 6.07) is 7.14. The van der Waals surface area contributed by atoms with Gasteiger partial charge >= 0.3 is 0 Å². The fourth-order valence-corrected chi connectivity index (χ4v) is 5.29. The van der Waals surface area contributed by atoms with Crippen molar-refractivity contribution in [3.05, 3.63) is 53.2 Å². The molecule has 2 atom stereocenters. The normalized spacial score (nSPS) is 17.2. The molecule has 9 nitrogen and oxygen atoms in total. The number of fused-ring (bicyclic) bond motifs is 2. The van der Waals surface area contributed by atoms with E-state index < -0.39 is 11.6 Å². The van der Waals surface area contributed by atoms with Crippen molar-refractivity contribution in [2.75, 3.05) is 18.2 Å². The summed E-state index contributed by atoms with van der Waals surface area (Å²) in [4.78, 5) is 4.42. The number of aromatic nitrogens is 4. The number of halogens is 2. The quantitative estimate of drug-likeness (QED) is 0.238. The Morgan fingerprint density at radius 1 is 1.24 bits per heavy atom. The predicted octanol–water partition coefficient (Wildman–Crippen LogP) is 5.07. The zero-order valence-electron chi connectivity index (χ0n) is 20.2. The molecule has 1 aliphatic carbocycles. The fourth-order valence-electron chi connectivity index (χ4n) is 5.29. The molecule has 38 heavy (non-hydrogen) atoms. The number of terminal acetylenes is 1. The van der Waals surface area contributed by atoms with Crippen molar-refractivity contribution in [2.24, 2.45) is 0 Å². The highest BCUT2D eigenvalue weighted by Crippen LogP contribution is 2.42. The number of pyridine rings is 1. The van der Waals surface area contributed by atoms with Gasteiger partial charge in [0.05, 0.1) is 18.4 Å². The highest BCUT2D eigenvalue weighted by atomic mass is 19.1. The number of nitrogens with zero attached hydrogens (tertiary/aromatic N) is 3. The van der Waals surface area contributed by atoms with Crippen LogP contribution in [0.2, 0.25) is 0 Å². The van der Waals surface area contributed by atoms with Crippen molar-refractivity contribution in [1.82, 2.24) is 20.3 Å². The van der Waals surface area contributed by atoms with Gasteiger partial charge in [-0.25, -0.2) is 13.8 Å². The molecular formula is C27H22F2N6O3.